The molecule has 2 rings (SSSR count). The Hall–Kier alpha value is -3.09. The lowest BCUT2D eigenvalue weighted by Crippen LogP contribution is -2.22. The first kappa shape index (κ1) is 20.2. The molecule has 0 bridgehead atoms. The van der Waals surface area contributed by atoms with Gasteiger partial charge in [0.2, 0.25) is 11.7 Å². The Bertz CT molecular complexity index is 752. The first-order valence-corrected chi connectivity index (χ1v) is 8.57. The van der Waals surface area contributed by atoms with Crippen LogP contribution in [0.3, 0.4) is 0 Å². The number of nitrogens with one attached hydrogen (secondary N) is 2. The van der Waals surface area contributed by atoms with Gasteiger partial charge in [0.25, 0.3) is 0 Å². The number of hydrogen-bond donors (Lipinski definition) is 2. The fourth-order valence-corrected chi connectivity index (χ4v) is 2.50. The van der Waals surface area contributed by atoms with Crippen LogP contribution in [0.1, 0.15) is 13.8 Å². The molecule has 2 aromatic rings. The summed E-state index contributed by atoms with van der Waals surface area (Å²) < 4.78 is 21.6. The third kappa shape index (κ3) is 5.44. The summed E-state index contributed by atoms with van der Waals surface area (Å²) in [5.41, 5.74) is 1.30. The van der Waals surface area contributed by atoms with Gasteiger partial charge in [-0.3, -0.25) is 4.79 Å². The van der Waals surface area contributed by atoms with Crippen molar-refractivity contribution in [3.8, 4) is 23.0 Å². The molecular weight excluding hydrogens is 348 g/mol. The lowest BCUT2D eigenvalue weighted by Gasteiger charge is -2.16. The van der Waals surface area contributed by atoms with E-state index in [9.17, 15) is 4.79 Å². The average Bonchev–Trinajstić information content (AvgIpc) is 2.66. The maximum absolute atomic E-state index is 12.3. The van der Waals surface area contributed by atoms with Crippen LogP contribution >= 0.6 is 0 Å². The number of benzene rings is 2. The molecule has 0 aliphatic rings. The summed E-state index contributed by atoms with van der Waals surface area (Å²) in [6, 6.07) is 10.8. The third-order valence-corrected chi connectivity index (χ3v) is 3.64. The Balaban J connectivity index is 2.06. The van der Waals surface area contributed by atoms with Crippen LogP contribution in [0.5, 0.6) is 23.0 Å². The molecule has 0 heterocycles. The van der Waals surface area contributed by atoms with Crippen LogP contribution in [-0.4, -0.2) is 39.9 Å². The van der Waals surface area contributed by atoms with Crippen molar-refractivity contribution in [2.24, 2.45) is 0 Å². The van der Waals surface area contributed by atoms with E-state index in [1.165, 1.54) is 21.3 Å². The molecule has 0 aromatic heterocycles. The van der Waals surface area contributed by atoms with Gasteiger partial charge in [0, 0.05) is 17.8 Å². The summed E-state index contributed by atoms with van der Waals surface area (Å²) in [6.45, 7) is 3.98. The van der Waals surface area contributed by atoms with E-state index in [0.29, 0.717) is 28.7 Å². The second-order valence-corrected chi connectivity index (χ2v) is 5.98. The normalized spacial score (nSPS) is 10.3. The van der Waals surface area contributed by atoms with E-state index in [1.807, 2.05) is 38.1 Å². The zero-order valence-corrected chi connectivity index (χ0v) is 16.3. The number of ether oxygens (including phenoxy) is 4. The van der Waals surface area contributed by atoms with Gasteiger partial charge < -0.3 is 29.6 Å². The van der Waals surface area contributed by atoms with Crippen LogP contribution in [-0.2, 0) is 4.79 Å². The van der Waals surface area contributed by atoms with Gasteiger partial charge in [0.1, 0.15) is 5.75 Å². The van der Waals surface area contributed by atoms with Crippen molar-refractivity contribution in [1.82, 2.24) is 0 Å². The minimum atomic E-state index is -0.219. The molecule has 0 spiro atoms. The zero-order chi connectivity index (χ0) is 19.8. The SMILES string of the molecule is COc1cc(NC(=O)CNc2ccccc2OC(C)C)cc(OC)c1OC. The molecule has 0 radical (unpaired) electrons. The Labute approximate surface area is 159 Å². The minimum Gasteiger partial charge on any atom is -0.493 e. The average molecular weight is 374 g/mol. The number of anilines is 2. The molecule has 146 valence electrons. The molecule has 27 heavy (non-hydrogen) atoms. The first-order valence-electron chi connectivity index (χ1n) is 8.57. The molecule has 7 nitrogen and oxygen atoms in total. The topological polar surface area (TPSA) is 78.1 Å². The van der Waals surface area contributed by atoms with E-state index in [0.717, 1.165) is 5.69 Å². The third-order valence-electron chi connectivity index (χ3n) is 3.64. The van der Waals surface area contributed by atoms with Gasteiger partial charge in [0.05, 0.1) is 39.7 Å². The molecular formula is C20H26N2O5. The van der Waals surface area contributed by atoms with Crippen LogP contribution in [0.25, 0.3) is 0 Å². The molecule has 0 unspecified atom stereocenters. The van der Waals surface area contributed by atoms with Crippen LogP contribution < -0.4 is 29.6 Å². The molecule has 0 saturated carbocycles. The van der Waals surface area contributed by atoms with Crippen molar-refractivity contribution in [1.29, 1.82) is 0 Å². The highest BCUT2D eigenvalue weighted by Crippen LogP contribution is 2.39. The van der Waals surface area contributed by atoms with Gasteiger partial charge in [-0.1, -0.05) is 12.1 Å². The van der Waals surface area contributed by atoms with Crippen LogP contribution in [0.15, 0.2) is 36.4 Å². The highest BCUT2D eigenvalue weighted by atomic mass is 16.5. The summed E-state index contributed by atoms with van der Waals surface area (Å²) in [5, 5.41) is 5.91. The quantitative estimate of drug-likeness (QED) is 0.699. The highest BCUT2D eigenvalue weighted by molar-refractivity contribution is 5.94. The number of methoxy groups -OCH3 is 3. The molecule has 7 heteroatoms. The van der Waals surface area contributed by atoms with Gasteiger partial charge >= 0.3 is 0 Å². The summed E-state index contributed by atoms with van der Waals surface area (Å²) >= 11 is 0. The van der Waals surface area contributed by atoms with E-state index >= 15 is 0 Å². The van der Waals surface area contributed by atoms with Crippen molar-refractivity contribution in [2.75, 3.05) is 38.5 Å². The largest absolute Gasteiger partial charge is 0.493 e. The van der Waals surface area contributed by atoms with Gasteiger partial charge in [0.15, 0.2) is 11.5 Å². The first-order chi connectivity index (χ1) is 13.0. The standard InChI is InChI=1S/C20H26N2O5/c1-13(2)27-16-9-7-6-8-15(16)21-12-19(23)22-14-10-17(24-3)20(26-5)18(11-14)25-4/h6-11,13,21H,12H2,1-5H3,(H,22,23). The van der Waals surface area contributed by atoms with Gasteiger partial charge in [-0.25, -0.2) is 0 Å². The van der Waals surface area contributed by atoms with E-state index in [2.05, 4.69) is 10.6 Å². The highest BCUT2D eigenvalue weighted by Gasteiger charge is 2.14. The van der Waals surface area contributed by atoms with E-state index in [4.69, 9.17) is 18.9 Å². The summed E-state index contributed by atoms with van der Waals surface area (Å²) in [6.07, 6.45) is 0.0426. The van der Waals surface area contributed by atoms with Crippen LogP contribution in [0, 0.1) is 0 Å². The maximum atomic E-state index is 12.3. The summed E-state index contributed by atoms with van der Waals surface area (Å²) in [5.74, 6) is 1.89. The van der Waals surface area contributed by atoms with Gasteiger partial charge in [-0.05, 0) is 26.0 Å². The smallest absolute Gasteiger partial charge is 0.243 e. The van der Waals surface area contributed by atoms with Crippen molar-refractivity contribution in [3.63, 3.8) is 0 Å². The molecule has 0 saturated heterocycles. The minimum absolute atomic E-state index is 0.0426. The van der Waals surface area contributed by atoms with Crippen molar-refractivity contribution < 1.29 is 23.7 Å². The molecule has 0 aliphatic carbocycles. The van der Waals surface area contributed by atoms with Crippen molar-refractivity contribution >= 4 is 17.3 Å². The van der Waals surface area contributed by atoms with Gasteiger partial charge in [-0.2, -0.15) is 0 Å². The number of rotatable bonds is 9. The Morgan fingerprint density at radius 2 is 1.59 bits per heavy atom. The Morgan fingerprint density at radius 1 is 0.963 bits per heavy atom. The summed E-state index contributed by atoms with van der Waals surface area (Å²) in [7, 11) is 4.57. The van der Waals surface area contributed by atoms with E-state index in [-0.39, 0.29) is 18.6 Å². The molecule has 2 N–H and O–H groups in total. The second kappa shape index (κ2) is 9.56. The van der Waals surface area contributed by atoms with E-state index in [1.54, 1.807) is 12.1 Å². The monoisotopic (exact) mass is 374 g/mol. The lowest BCUT2D eigenvalue weighted by molar-refractivity contribution is -0.114. The Morgan fingerprint density at radius 3 is 2.15 bits per heavy atom. The predicted molar refractivity (Wildman–Crippen MR) is 105 cm³/mol. The molecule has 2 aromatic carbocycles. The molecule has 0 atom stereocenters. The fourth-order valence-electron chi connectivity index (χ4n) is 2.50. The number of para-hydroxylation sites is 2. The van der Waals surface area contributed by atoms with Crippen LogP contribution in [0.4, 0.5) is 11.4 Å². The fraction of sp³-hybridized carbons (Fsp3) is 0.350. The molecule has 0 aliphatic heterocycles. The van der Waals surface area contributed by atoms with Gasteiger partial charge in [-0.15, -0.1) is 0 Å². The van der Waals surface area contributed by atoms with Crippen molar-refractivity contribution in [3.05, 3.63) is 36.4 Å². The van der Waals surface area contributed by atoms with E-state index < -0.39 is 0 Å². The zero-order valence-electron chi connectivity index (χ0n) is 16.3. The number of carbonyl (C=O) groups is 1. The number of carbonyl (C=O) groups excluding carboxylic acids is 1. The second-order valence-electron chi connectivity index (χ2n) is 5.98. The summed E-state index contributed by atoms with van der Waals surface area (Å²) in [4.78, 5) is 12.3. The lowest BCUT2D eigenvalue weighted by atomic mass is 10.2. The number of hydrogen-bond acceptors (Lipinski definition) is 6. The van der Waals surface area contributed by atoms with Crippen LogP contribution in [0.2, 0.25) is 0 Å². The molecule has 1 amide bonds. The Kier molecular flexibility index (Phi) is 7.16. The number of amides is 1. The maximum Gasteiger partial charge on any atom is 0.243 e. The predicted octanol–water partition coefficient (Wildman–Crippen LogP) is 3.55. The van der Waals surface area contributed by atoms with Crippen molar-refractivity contribution in [2.45, 2.75) is 20.0 Å². The molecule has 0 fully saturated rings.